The molecule has 5 nitrogen and oxygen atoms in total. The molecular formula is C13H16FN3O2S2. The number of nitrogens with one attached hydrogen (secondary N) is 1. The van der Waals surface area contributed by atoms with Crippen LogP contribution in [-0.2, 0) is 10.0 Å². The van der Waals surface area contributed by atoms with E-state index in [0.29, 0.717) is 5.56 Å². The topological polar surface area (TPSA) is 85.1 Å². The predicted molar refractivity (Wildman–Crippen MR) is 81.3 cm³/mol. The molecule has 21 heavy (non-hydrogen) atoms. The van der Waals surface area contributed by atoms with Crippen LogP contribution < -0.4 is 10.5 Å². The van der Waals surface area contributed by atoms with Crippen LogP contribution in [-0.4, -0.2) is 19.9 Å². The second-order valence-electron chi connectivity index (χ2n) is 4.76. The third-order valence-electron chi connectivity index (χ3n) is 3.06. The Morgan fingerprint density at radius 3 is 2.81 bits per heavy atom. The van der Waals surface area contributed by atoms with Gasteiger partial charge in [0.1, 0.15) is 10.7 Å². The zero-order chi connectivity index (χ0) is 15.6. The smallest absolute Gasteiger partial charge is 0.243 e. The molecule has 0 amide bonds. The summed E-state index contributed by atoms with van der Waals surface area (Å²) in [5.74, 6) is -0.901. The number of thiazole rings is 1. The fourth-order valence-electron chi connectivity index (χ4n) is 1.75. The number of anilines is 1. The molecule has 3 N–H and O–H groups in total. The van der Waals surface area contributed by atoms with Crippen LogP contribution in [0.2, 0.25) is 0 Å². The maximum absolute atomic E-state index is 13.8. The number of rotatable bonds is 5. The highest BCUT2D eigenvalue weighted by atomic mass is 32.2. The molecule has 0 saturated heterocycles. The Labute approximate surface area is 127 Å². The Morgan fingerprint density at radius 2 is 2.19 bits per heavy atom. The Balaban J connectivity index is 2.17. The quantitative estimate of drug-likeness (QED) is 0.824. The summed E-state index contributed by atoms with van der Waals surface area (Å²) in [4.78, 5) is 3.69. The van der Waals surface area contributed by atoms with Crippen LogP contribution >= 0.6 is 11.3 Å². The summed E-state index contributed by atoms with van der Waals surface area (Å²) in [5, 5.41) is 2.64. The van der Waals surface area contributed by atoms with Gasteiger partial charge in [-0.1, -0.05) is 6.92 Å². The summed E-state index contributed by atoms with van der Waals surface area (Å²) in [7, 11) is -3.94. The van der Waals surface area contributed by atoms with Gasteiger partial charge in [0.25, 0.3) is 0 Å². The SMILES string of the molecule is Cc1cc(F)c(S(=O)(=O)NCC(C)c2nccs2)cc1N. The largest absolute Gasteiger partial charge is 0.398 e. The summed E-state index contributed by atoms with van der Waals surface area (Å²) >= 11 is 1.44. The molecule has 1 aromatic carbocycles. The van der Waals surface area contributed by atoms with Crippen molar-refractivity contribution in [3.05, 3.63) is 40.1 Å². The molecule has 0 aliphatic heterocycles. The van der Waals surface area contributed by atoms with Crippen LogP contribution in [0.15, 0.2) is 28.6 Å². The van der Waals surface area contributed by atoms with Crippen molar-refractivity contribution in [2.24, 2.45) is 0 Å². The third-order valence-corrected chi connectivity index (χ3v) is 5.51. The average Bonchev–Trinajstić information content (AvgIpc) is 2.94. The minimum atomic E-state index is -3.94. The van der Waals surface area contributed by atoms with Gasteiger partial charge in [0.2, 0.25) is 10.0 Å². The molecule has 0 saturated carbocycles. The van der Waals surface area contributed by atoms with Gasteiger partial charge in [0.15, 0.2) is 0 Å². The lowest BCUT2D eigenvalue weighted by Gasteiger charge is -2.12. The van der Waals surface area contributed by atoms with Gasteiger partial charge in [-0.3, -0.25) is 0 Å². The third kappa shape index (κ3) is 3.58. The Hall–Kier alpha value is -1.51. The lowest BCUT2D eigenvalue weighted by molar-refractivity contribution is 0.552. The van der Waals surface area contributed by atoms with Gasteiger partial charge in [0, 0.05) is 29.7 Å². The monoisotopic (exact) mass is 329 g/mol. The molecule has 0 aliphatic rings. The van der Waals surface area contributed by atoms with E-state index >= 15 is 0 Å². The number of nitrogens with zero attached hydrogens (tertiary/aromatic N) is 1. The number of aryl methyl sites for hydroxylation is 1. The van der Waals surface area contributed by atoms with E-state index in [1.54, 1.807) is 13.1 Å². The Bertz CT molecular complexity index is 730. The van der Waals surface area contributed by atoms with Gasteiger partial charge < -0.3 is 5.73 Å². The number of benzene rings is 1. The highest BCUT2D eigenvalue weighted by Crippen LogP contribution is 2.22. The highest BCUT2D eigenvalue weighted by Gasteiger charge is 2.21. The fourth-order valence-corrected chi connectivity index (χ4v) is 3.67. The number of sulfonamides is 1. The van der Waals surface area contributed by atoms with Crippen molar-refractivity contribution in [3.8, 4) is 0 Å². The van der Waals surface area contributed by atoms with Crippen molar-refractivity contribution >= 4 is 27.0 Å². The van der Waals surface area contributed by atoms with Crippen LogP contribution in [0.1, 0.15) is 23.4 Å². The van der Waals surface area contributed by atoms with Crippen LogP contribution in [0, 0.1) is 12.7 Å². The minimum Gasteiger partial charge on any atom is -0.398 e. The highest BCUT2D eigenvalue weighted by molar-refractivity contribution is 7.89. The summed E-state index contributed by atoms with van der Waals surface area (Å²) in [6, 6.07) is 2.26. The van der Waals surface area contributed by atoms with Gasteiger partial charge in [-0.15, -0.1) is 11.3 Å². The average molecular weight is 329 g/mol. The van der Waals surface area contributed by atoms with Gasteiger partial charge in [-0.25, -0.2) is 22.5 Å². The molecule has 0 spiro atoms. The molecule has 1 unspecified atom stereocenters. The lowest BCUT2D eigenvalue weighted by atomic mass is 10.2. The Kier molecular flexibility index (Phi) is 4.60. The zero-order valence-corrected chi connectivity index (χ0v) is 13.3. The van der Waals surface area contributed by atoms with Gasteiger partial charge >= 0.3 is 0 Å². The number of nitrogen functional groups attached to an aromatic ring is 1. The van der Waals surface area contributed by atoms with Crippen LogP contribution in [0.4, 0.5) is 10.1 Å². The van der Waals surface area contributed by atoms with Crippen molar-refractivity contribution in [1.29, 1.82) is 0 Å². The van der Waals surface area contributed by atoms with E-state index in [0.717, 1.165) is 17.1 Å². The second kappa shape index (κ2) is 6.08. The zero-order valence-electron chi connectivity index (χ0n) is 11.6. The van der Waals surface area contributed by atoms with E-state index in [4.69, 9.17) is 5.73 Å². The van der Waals surface area contributed by atoms with E-state index in [2.05, 4.69) is 9.71 Å². The molecular weight excluding hydrogens is 313 g/mol. The molecule has 1 atom stereocenters. The number of hydrogen-bond donors (Lipinski definition) is 2. The molecule has 0 aliphatic carbocycles. The van der Waals surface area contributed by atoms with Crippen molar-refractivity contribution in [2.45, 2.75) is 24.7 Å². The van der Waals surface area contributed by atoms with Crippen molar-refractivity contribution in [1.82, 2.24) is 9.71 Å². The van der Waals surface area contributed by atoms with E-state index in [1.165, 1.54) is 11.3 Å². The van der Waals surface area contributed by atoms with Crippen molar-refractivity contribution in [3.63, 3.8) is 0 Å². The first kappa shape index (κ1) is 15.9. The van der Waals surface area contributed by atoms with E-state index in [-0.39, 0.29) is 18.2 Å². The standard InChI is InChI=1S/C13H16FN3O2S2/c1-8-5-10(14)12(6-11(8)15)21(18,19)17-7-9(2)13-16-3-4-20-13/h3-6,9,17H,7,15H2,1-2H3. The first-order valence-electron chi connectivity index (χ1n) is 6.26. The van der Waals surface area contributed by atoms with Crippen LogP contribution in [0.5, 0.6) is 0 Å². The van der Waals surface area contributed by atoms with E-state index in [9.17, 15) is 12.8 Å². The minimum absolute atomic E-state index is 0.0920. The molecule has 2 aromatic rings. The number of aromatic nitrogens is 1. The van der Waals surface area contributed by atoms with Crippen LogP contribution in [0.25, 0.3) is 0 Å². The number of nitrogens with two attached hydrogens (primary N) is 1. The van der Waals surface area contributed by atoms with E-state index in [1.807, 2.05) is 12.3 Å². The first-order valence-corrected chi connectivity index (χ1v) is 8.62. The Morgan fingerprint density at radius 1 is 1.48 bits per heavy atom. The molecule has 8 heteroatoms. The molecule has 0 bridgehead atoms. The van der Waals surface area contributed by atoms with Gasteiger partial charge in [0.05, 0.1) is 5.01 Å². The first-order chi connectivity index (χ1) is 9.81. The van der Waals surface area contributed by atoms with E-state index < -0.39 is 20.7 Å². The molecule has 1 heterocycles. The normalized spacial score (nSPS) is 13.3. The summed E-state index contributed by atoms with van der Waals surface area (Å²) < 4.78 is 40.6. The lowest BCUT2D eigenvalue weighted by Crippen LogP contribution is -2.28. The number of hydrogen-bond acceptors (Lipinski definition) is 5. The summed E-state index contributed by atoms with van der Waals surface area (Å²) in [5.41, 5.74) is 6.40. The fraction of sp³-hybridized carbons (Fsp3) is 0.308. The molecule has 1 aromatic heterocycles. The van der Waals surface area contributed by atoms with Gasteiger partial charge in [-0.05, 0) is 24.6 Å². The van der Waals surface area contributed by atoms with Crippen LogP contribution in [0.3, 0.4) is 0 Å². The second-order valence-corrected chi connectivity index (χ2v) is 7.42. The molecule has 2 rings (SSSR count). The maximum Gasteiger partial charge on any atom is 0.243 e. The van der Waals surface area contributed by atoms with Crippen molar-refractivity contribution in [2.75, 3.05) is 12.3 Å². The van der Waals surface area contributed by atoms with Crippen molar-refractivity contribution < 1.29 is 12.8 Å². The maximum atomic E-state index is 13.8. The summed E-state index contributed by atoms with van der Waals surface area (Å²) in [6.45, 7) is 3.61. The molecule has 0 radical (unpaired) electrons. The van der Waals surface area contributed by atoms with Gasteiger partial charge in [-0.2, -0.15) is 0 Å². The molecule has 114 valence electrons. The summed E-state index contributed by atoms with van der Waals surface area (Å²) in [6.07, 6.45) is 1.66. The predicted octanol–water partition coefficient (Wildman–Crippen LogP) is 2.25. The molecule has 0 fully saturated rings. The number of halogens is 1.